The van der Waals surface area contributed by atoms with Crippen molar-refractivity contribution in [2.75, 3.05) is 11.9 Å². The zero-order valence-corrected chi connectivity index (χ0v) is 15.8. The molecule has 9 heteroatoms. The minimum Gasteiger partial charge on any atom is -0.480 e. The standard InChI is InChI=1S/C20H16N2O6S/c23-17(7-12-3-2-6-21-10-12)22-14-5-1-4-13(8-14)16-9-15(28-11-18(24)25)19(29-16)20(26)27/h1-6,8-10H,7,11H2,(H,22,23)(H,24,25)(H,26,27). The molecule has 2 aromatic heterocycles. The van der Waals surface area contributed by atoms with E-state index in [-0.39, 0.29) is 23.0 Å². The molecule has 2 heterocycles. The number of nitrogens with zero attached hydrogens (tertiary/aromatic N) is 1. The Morgan fingerprint density at radius 2 is 1.93 bits per heavy atom. The molecule has 148 valence electrons. The number of benzene rings is 1. The molecule has 3 N–H and O–H groups in total. The van der Waals surface area contributed by atoms with Gasteiger partial charge in [-0.3, -0.25) is 9.78 Å². The van der Waals surface area contributed by atoms with Crippen LogP contribution in [0.25, 0.3) is 10.4 Å². The summed E-state index contributed by atoms with van der Waals surface area (Å²) in [6, 6.07) is 12.0. The van der Waals surface area contributed by atoms with Gasteiger partial charge >= 0.3 is 11.9 Å². The molecular formula is C20H16N2O6S. The van der Waals surface area contributed by atoms with Gasteiger partial charge in [0.05, 0.1) is 6.42 Å². The molecule has 0 atom stereocenters. The van der Waals surface area contributed by atoms with Gasteiger partial charge in [0, 0.05) is 23.0 Å². The number of carbonyl (C=O) groups excluding carboxylic acids is 1. The van der Waals surface area contributed by atoms with Crippen molar-refractivity contribution < 1.29 is 29.3 Å². The zero-order chi connectivity index (χ0) is 20.8. The molecule has 1 aromatic carbocycles. The first kappa shape index (κ1) is 20.0. The number of nitrogens with one attached hydrogen (secondary N) is 1. The molecule has 0 aliphatic carbocycles. The summed E-state index contributed by atoms with van der Waals surface area (Å²) in [4.78, 5) is 38.8. The maximum atomic E-state index is 12.2. The van der Waals surface area contributed by atoms with Gasteiger partial charge in [0.1, 0.15) is 5.75 Å². The topological polar surface area (TPSA) is 126 Å². The quantitative estimate of drug-likeness (QED) is 0.519. The summed E-state index contributed by atoms with van der Waals surface area (Å²) in [6.07, 6.45) is 3.42. The van der Waals surface area contributed by atoms with E-state index in [4.69, 9.17) is 9.84 Å². The van der Waals surface area contributed by atoms with E-state index >= 15 is 0 Å². The number of thiophene rings is 1. The van der Waals surface area contributed by atoms with Crippen LogP contribution < -0.4 is 10.1 Å². The molecule has 0 bridgehead atoms. The molecule has 0 saturated carbocycles. The monoisotopic (exact) mass is 412 g/mol. The third kappa shape index (κ3) is 5.39. The van der Waals surface area contributed by atoms with Crippen LogP contribution in [0.2, 0.25) is 0 Å². The van der Waals surface area contributed by atoms with E-state index in [0.29, 0.717) is 16.1 Å². The van der Waals surface area contributed by atoms with Crippen molar-refractivity contribution in [2.45, 2.75) is 6.42 Å². The number of carboxylic acid groups (broad SMARTS) is 2. The molecule has 1 amide bonds. The lowest BCUT2D eigenvalue weighted by Gasteiger charge is -2.07. The van der Waals surface area contributed by atoms with Gasteiger partial charge in [-0.2, -0.15) is 0 Å². The van der Waals surface area contributed by atoms with Crippen molar-refractivity contribution >= 4 is 34.9 Å². The average molecular weight is 412 g/mol. The molecule has 0 aliphatic rings. The molecule has 0 radical (unpaired) electrons. The van der Waals surface area contributed by atoms with Crippen LogP contribution in [0.5, 0.6) is 5.75 Å². The van der Waals surface area contributed by atoms with Crippen LogP contribution in [-0.2, 0) is 16.0 Å². The molecule has 0 spiro atoms. The van der Waals surface area contributed by atoms with E-state index in [1.165, 1.54) is 6.07 Å². The lowest BCUT2D eigenvalue weighted by atomic mass is 10.1. The summed E-state index contributed by atoms with van der Waals surface area (Å²) < 4.78 is 5.08. The summed E-state index contributed by atoms with van der Waals surface area (Å²) in [6.45, 7) is -0.638. The van der Waals surface area contributed by atoms with E-state index < -0.39 is 18.5 Å². The number of rotatable bonds is 8. The summed E-state index contributed by atoms with van der Waals surface area (Å²) in [5, 5.41) is 20.9. The third-order valence-corrected chi connectivity index (χ3v) is 4.92. The van der Waals surface area contributed by atoms with Crippen molar-refractivity contribution in [2.24, 2.45) is 0 Å². The Bertz CT molecular complexity index is 1050. The smallest absolute Gasteiger partial charge is 0.349 e. The summed E-state index contributed by atoms with van der Waals surface area (Å²) >= 11 is 0.964. The number of ether oxygens (including phenoxy) is 1. The maximum absolute atomic E-state index is 12.2. The summed E-state index contributed by atoms with van der Waals surface area (Å²) in [5.74, 6) is -2.63. The number of hydrogen-bond acceptors (Lipinski definition) is 6. The fraction of sp³-hybridized carbons (Fsp3) is 0.100. The molecule has 3 aromatic rings. The number of aromatic nitrogens is 1. The van der Waals surface area contributed by atoms with Crippen LogP contribution in [0.4, 0.5) is 5.69 Å². The zero-order valence-electron chi connectivity index (χ0n) is 15.0. The second kappa shape index (κ2) is 8.98. The SMILES string of the molecule is O=C(O)COc1cc(-c2cccc(NC(=O)Cc3cccnc3)c2)sc1C(=O)O. The Balaban J connectivity index is 1.78. The first-order valence-electron chi connectivity index (χ1n) is 8.43. The fourth-order valence-corrected chi connectivity index (χ4v) is 3.49. The van der Waals surface area contributed by atoms with Crippen molar-refractivity contribution in [3.05, 3.63) is 65.3 Å². The van der Waals surface area contributed by atoms with Gasteiger partial charge in [0.25, 0.3) is 0 Å². The van der Waals surface area contributed by atoms with Crippen LogP contribution in [0.1, 0.15) is 15.2 Å². The molecule has 0 aliphatic heterocycles. The highest BCUT2D eigenvalue weighted by atomic mass is 32.1. The van der Waals surface area contributed by atoms with E-state index in [1.54, 1.807) is 48.8 Å². The van der Waals surface area contributed by atoms with E-state index in [0.717, 1.165) is 16.9 Å². The number of anilines is 1. The summed E-state index contributed by atoms with van der Waals surface area (Å²) in [5.41, 5.74) is 2.00. The Morgan fingerprint density at radius 1 is 1.10 bits per heavy atom. The van der Waals surface area contributed by atoms with E-state index in [2.05, 4.69) is 10.3 Å². The van der Waals surface area contributed by atoms with Crippen LogP contribution in [0.15, 0.2) is 54.9 Å². The number of carboxylic acids is 2. The molecule has 0 saturated heterocycles. The van der Waals surface area contributed by atoms with Crippen LogP contribution >= 0.6 is 11.3 Å². The minimum absolute atomic E-state index is 0.00841. The van der Waals surface area contributed by atoms with E-state index in [1.807, 2.05) is 0 Å². The van der Waals surface area contributed by atoms with E-state index in [9.17, 15) is 19.5 Å². The van der Waals surface area contributed by atoms with Crippen molar-refractivity contribution in [1.82, 2.24) is 4.98 Å². The number of aromatic carboxylic acids is 1. The van der Waals surface area contributed by atoms with Crippen molar-refractivity contribution in [1.29, 1.82) is 0 Å². The van der Waals surface area contributed by atoms with Gasteiger partial charge < -0.3 is 20.3 Å². The maximum Gasteiger partial charge on any atom is 0.349 e. The second-order valence-corrected chi connectivity index (χ2v) is 7.01. The molecule has 8 nitrogen and oxygen atoms in total. The Hall–Kier alpha value is -3.72. The molecule has 3 rings (SSSR count). The highest BCUT2D eigenvalue weighted by Gasteiger charge is 2.19. The number of hydrogen-bond donors (Lipinski definition) is 3. The lowest BCUT2D eigenvalue weighted by Crippen LogP contribution is -2.14. The van der Waals surface area contributed by atoms with Crippen LogP contribution in [0, 0.1) is 0 Å². The predicted molar refractivity (Wildman–Crippen MR) is 106 cm³/mol. The van der Waals surface area contributed by atoms with Gasteiger partial charge in [0.15, 0.2) is 11.5 Å². The number of aliphatic carboxylic acids is 1. The fourth-order valence-electron chi connectivity index (χ4n) is 2.56. The molecule has 0 fully saturated rings. The Labute approximate surface area is 169 Å². The highest BCUT2D eigenvalue weighted by Crippen LogP contribution is 2.37. The summed E-state index contributed by atoms with van der Waals surface area (Å²) in [7, 11) is 0. The molecule has 29 heavy (non-hydrogen) atoms. The van der Waals surface area contributed by atoms with Crippen molar-refractivity contribution in [3.8, 4) is 16.2 Å². The normalized spacial score (nSPS) is 10.3. The van der Waals surface area contributed by atoms with Crippen molar-refractivity contribution in [3.63, 3.8) is 0 Å². The number of amides is 1. The van der Waals surface area contributed by atoms with Gasteiger partial charge in [-0.15, -0.1) is 11.3 Å². The Morgan fingerprint density at radius 3 is 2.62 bits per heavy atom. The van der Waals surface area contributed by atoms with Gasteiger partial charge in [-0.1, -0.05) is 18.2 Å². The first-order valence-corrected chi connectivity index (χ1v) is 9.25. The largest absolute Gasteiger partial charge is 0.480 e. The van der Waals surface area contributed by atoms with Gasteiger partial charge in [-0.25, -0.2) is 9.59 Å². The van der Waals surface area contributed by atoms with Gasteiger partial charge in [0.2, 0.25) is 5.91 Å². The second-order valence-electron chi connectivity index (χ2n) is 5.96. The first-order chi connectivity index (χ1) is 13.9. The lowest BCUT2D eigenvalue weighted by molar-refractivity contribution is -0.139. The number of carbonyl (C=O) groups is 3. The van der Waals surface area contributed by atoms with Crippen LogP contribution in [0.3, 0.4) is 0 Å². The van der Waals surface area contributed by atoms with Gasteiger partial charge in [-0.05, 0) is 35.4 Å². The molecular weight excluding hydrogens is 396 g/mol. The predicted octanol–water partition coefficient (Wildman–Crippen LogP) is 3.15. The number of pyridine rings is 1. The molecule has 0 unspecified atom stereocenters. The minimum atomic E-state index is -1.21. The van der Waals surface area contributed by atoms with Crippen LogP contribution in [-0.4, -0.2) is 39.6 Å². The third-order valence-electron chi connectivity index (χ3n) is 3.76. The average Bonchev–Trinajstić information content (AvgIpc) is 3.12. The Kier molecular flexibility index (Phi) is 6.20. The highest BCUT2D eigenvalue weighted by molar-refractivity contribution is 7.17.